The van der Waals surface area contributed by atoms with Gasteiger partial charge in [-0.3, -0.25) is 9.20 Å². The second kappa shape index (κ2) is 7.70. The van der Waals surface area contributed by atoms with Crippen LogP contribution in [-0.2, 0) is 6.54 Å². The molecule has 0 saturated carbocycles. The Balaban J connectivity index is 1.61. The molecule has 0 amide bonds. The number of piperidine rings is 1. The third-order valence-corrected chi connectivity index (χ3v) is 7.41. The molecule has 1 fully saturated rings. The van der Waals surface area contributed by atoms with E-state index < -0.39 is 0 Å². The number of likely N-dealkylation sites (tertiary alicyclic amines) is 1. The minimum atomic E-state index is 0.0321. The number of halogens is 1. The summed E-state index contributed by atoms with van der Waals surface area (Å²) in [4.78, 5) is 21.4. The van der Waals surface area contributed by atoms with Gasteiger partial charge in [0.2, 0.25) is 11.6 Å². The minimum Gasteiger partial charge on any atom is -0.308 e. The molecule has 1 aliphatic rings. The molecule has 0 radical (unpaired) electrons. The molecule has 0 unspecified atom stereocenters. The van der Waals surface area contributed by atoms with Crippen LogP contribution in [0.2, 0.25) is 0 Å². The van der Waals surface area contributed by atoms with Gasteiger partial charge >= 0.3 is 0 Å². The quantitative estimate of drug-likeness (QED) is 0.379. The van der Waals surface area contributed by atoms with Gasteiger partial charge in [-0.1, -0.05) is 18.6 Å². The summed E-state index contributed by atoms with van der Waals surface area (Å²) in [6.07, 6.45) is 3.93. The number of hydrogen-bond donors (Lipinski definition) is 0. The number of para-hydroxylation sites is 2. The number of imidazole rings is 2. The molecule has 3 aromatic heterocycles. The lowest BCUT2D eigenvalue weighted by molar-refractivity contribution is 0.103. The first-order valence-electron chi connectivity index (χ1n) is 10.1. The van der Waals surface area contributed by atoms with Crippen molar-refractivity contribution in [3.63, 3.8) is 0 Å². The monoisotopic (exact) mass is 470 g/mol. The predicted molar refractivity (Wildman–Crippen MR) is 121 cm³/mol. The van der Waals surface area contributed by atoms with Crippen LogP contribution in [0.4, 0.5) is 0 Å². The Bertz CT molecular complexity index is 1200. The summed E-state index contributed by atoms with van der Waals surface area (Å²) >= 11 is 4.93. The number of benzene rings is 1. The van der Waals surface area contributed by atoms with E-state index in [0.717, 1.165) is 44.3 Å². The van der Waals surface area contributed by atoms with Crippen LogP contribution in [0.1, 0.15) is 40.3 Å². The Morgan fingerprint density at radius 1 is 1.07 bits per heavy atom. The maximum atomic E-state index is 13.3. The van der Waals surface area contributed by atoms with Gasteiger partial charge in [-0.25, -0.2) is 4.98 Å². The van der Waals surface area contributed by atoms with Gasteiger partial charge in [-0.2, -0.15) is 0 Å². The van der Waals surface area contributed by atoms with Crippen molar-refractivity contribution in [3.8, 4) is 0 Å². The number of ketones is 1. The standard InChI is InChI=1S/C22H23BrN4OS/c1-15-20(21(28)18-9-10-19(23)29-18)27-17-8-4-3-7-16(17)26(22(27)24-15)14-13-25-11-5-2-6-12-25/h3-4,7-10H,2,5-6,11-14H2,1H3. The number of hydrogen-bond acceptors (Lipinski definition) is 4. The van der Waals surface area contributed by atoms with Crippen LogP contribution in [0.25, 0.3) is 16.8 Å². The summed E-state index contributed by atoms with van der Waals surface area (Å²) in [6.45, 7) is 6.19. The average molecular weight is 471 g/mol. The van der Waals surface area contributed by atoms with Crippen LogP contribution in [0.15, 0.2) is 40.2 Å². The summed E-state index contributed by atoms with van der Waals surface area (Å²) in [5, 5.41) is 0. The van der Waals surface area contributed by atoms with Crippen molar-refractivity contribution in [3.05, 3.63) is 56.4 Å². The van der Waals surface area contributed by atoms with Crippen molar-refractivity contribution in [1.82, 2.24) is 18.9 Å². The van der Waals surface area contributed by atoms with Crippen molar-refractivity contribution in [1.29, 1.82) is 0 Å². The summed E-state index contributed by atoms with van der Waals surface area (Å²) in [5.41, 5.74) is 3.63. The Kier molecular flexibility index (Phi) is 5.05. The third kappa shape index (κ3) is 3.35. The molecule has 5 nitrogen and oxygen atoms in total. The highest BCUT2D eigenvalue weighted by atomic mass is 79.9. The number of aromatic nitrogens is 3. The number of thiophene rings is 1. The van der Waals surface area contributed by atoms with Crippen LogP contribution in [0.3, 0.4) is 0 Å². The lowest BCUT2D eigenvalue weighted by atomic mass is 10.1. The van der Waals surface area contributed by atoms with Crippen molar-refractivity contribution in [2.24, 2.45) is 0 Å². The van der Waals surface area contributed by atoms with Crippen LogP contribution >= 0.6 is 27.3 Å². The van der Waals surface area contributed by atoms with E-state index in [1.54, 1.807) is 0 Å². The maximum absolute atomic E-state index is 13.3. The van der Waals surface area contributed by atoms with Crippen LogP contribution < -0.4 is 0 Å². The molecule has 1 saturated heterocycles. The maximum Gasteiger partial charge on any atom is 0.221 e. The Morgan fingerprint density at radius 2 is 1.83 bits per heavy atom. The molecule has 0 bridgehead atoms. The van der Waals surface area contributed by atoms with Crippen LogP contribution in [0, 0.1) is 6.92 Å². The topological polar surface area (TPSA) is 42.5 Å². The summed E-state index contributed by atoms with van der Waals surface area (Å²) in [5.74, 6) is 0.893. The van der Waals surface area contributed by atoms with E-state index in [4.69, 9.17) is 4.98 Å². The zero-order valence-corrected chi connectivity index (χ0v) is 18.8. The second-order valence-electron chi connectivity index (χ2n) is 7.66. The normalized spacial score (nSPS) is 15.5. The molecule has 1 aromatic carbocycles. The molecule has 1 aliphatic heterocycles. The van der Waals surface area contributed by atoms with Crippen LogP contribution in [-0.4, -0.2) is 44.3 Å². The van der Waals surface area contributed by atoms with Crippen molar-refractivity contribution < 1.29 is 4.79 Å². The number of carbonyl (C=O) groups is 1. The Hall–Kier alpha value is -1.96. The number of rotatable bonds is 5. The van der Waals surface area contributed by atoms with E-state index in [9.17, 15) is 4.79 Å². The lowest BCUT2D eigenvalue weighted by Crippen LogP contribution is -2.32. The highest BCUT2D eigenvalue weighted by Crippen LogP contribution is 2.29. The van der Waals surface area contributed by atoms with E-state index in [-0.39, 0.29) is 5.78 Å². The van der Waals surface area contributed by atoms with Gasteiger partial charge in [0.25, 0.3) is 0 Å². The zero-order chi connectivity index (χ0) is 20.0. The van der Waals surface area contributed by atoms with Crippen molar-refractivity contribution in [2.75, 3.05) is 19.6 Å². The number of nitrogens with zero attached hydrogens (tertiary/aromatic N) is 4. The lowest BCUT2D eigenvalue weighted by Gasteiger charge is -2.26. The highest BCUT2D eigenvalue weighted by molar-refractivity contribution is 9.11. The molecule has 0 spiro atoms. The Labute approximate surface area is 182 Å². The van der Waals surface area contributed by atoms with E-state index in [1.807, 2.05) is 25.1 Å². The fourth-order valence-electron chi connectivity index (χ4n) is 4.38. The van der Waals surface area contributed by atoms with E-state index >= 15 is 0 Å². The van der Waals surface area contributed by atoms with Gasteiger partial charge in [0.05, 0.1) is 25.4 Å². The first-order chi connectivity index (χ1) is 14.1. The molecule has 0 N–H and O–H groups in total. The third-order valence-electron chi connectivity index (χ3n) is 5.79. The summed E-state index contributed by atoms with van der Waals surface area (Å²) in [6, 6.07) is 12.1. The average Bonchev–Trinajstić information content (AvgIpc) is 3.39. The summed E-state index contributed by atoms with van der Waals surface area (Å²) in [7, 11) is 0. The SMILES string of the molecule is Cc1nc2n(CCN3CCCCC3)c3ccccc3n2c1C(=O)c1ccc(Br)s1. The van der Waals surface area contributed by atoms with Gasteiger partial charge in [0.1, 0.15) is 5.69 Å². The van der Waals surface area contributed by atoms with E-state index in [1.165, 1.54) is 43.7 Å². The van der Waals surface area contributed by atoms with Gasteiger partial charge in [0, 0.05) is 13.1 Å². The largest absolute Gasteiger partial charge is 0.308 e. The molecule has 4 aromatic rings. The van der Waals surface area contributed by atoms with Gasteiger partial charge in [0.15, 0.2) is 0 Å². The first-order valence-corrected chi connectivity index (χ1v) is 11.7. The van der Waals surface area contributed by atoms with Gasteiger partial charge < -0.3 is 9.47 Å². The second-order valence-corrected chi connectivity index (χ2v) is 10.1. The van der Waals surface area contributed by atoms with Gasteiger partial charge in [-0.15, -0.1) is 11.3 Å². The molecule has 5 rings (SSSR count). The molecule has 4 heterocycles. The number of carbonyl (C=O) groups excluding carboxylic acids is 1. The first kappa shape index (κ1) is 19.0. The molecular formula is C22H23BrN4OS. The number of fused-ring (bicyclic) bond motifs is 3. The fourth-order valence-corrected chi connectivity index (χ4v) is 5.70. The smallest absolute Gasteiger partial charge is 0.221 e. The van der Waals surface area contributed by atoms with Crippen LogP contribution in [0.5, 0.6) is 0 Å². The fraction of sp³-hybridized carbons (Fsp3) is 0.364. The molecule has 150 valence electrons. The molecule has 7 heteroatoms. The summed E-state index contributed by atoms with van der Waals surface area (Å²) < 4.78 is 5.29. The molecule has 29 heavy (non-hydrogen) atoms. The van der Waals surface area contributed by atoms with Crippen molar-refractivity contribution >= 4 is 49.9 Å². The zero-order valence-electron chi connectivity index (χ0n) is 16.4. The predicted octanol–water partition coefficient (Wildman–Crippen LogP) is 5.14. The Morgan fingerprint density at radius 3 is 2.55 bits per heavy atom. The number of aryl methyl sites for hydroxylation is 1. The molecule has 0 atom stereocenters. The van der Waals surface area contributed by atoms with Crippen molar-refractivity contribution in [2.45, 2.75) is 32.7 Å². The molecule has 0 aliphatic carbocycles. The van der Waals surface area contributed by atoms with E-state index in [2.05, 4.69) is 48.0 Å². The van der Waals surface area contributed by atoms with E-state index in [0.29, 0.717) is 5.69 Å². The molecular weight excluding hydrogens is 448 g/mol. The highest BCUT2D eigenvalue weighted by Gasteiger charge is 2.24. The van der Waals surface area contributed by atoms with Gasteiger partial charge in [-0.05, 0) is 73.1 Å². The minimum absolute atomic E-state index is 0.0321.